The van der Waals surface area contributed by atoms with Gasteiger partial charge in [-0.05, 0) is 50.2 Å². The summed E-state index contributed by atoms with van der Waals surface area (Å²) in [4.78, 5) is 14.9. The smallest absolute Gasteiger partial charge is 0.251 e. The second-order valence-electron chi connectivity index (χ2n) is 6.37. The molecule has 1 amide bonds. The van der Waals surface area contributed by atoms with Crippen LogP contribution in [-0.2, 0) is 0 Å². The van der Waals surface area contributed by atoms with Gasteiger partial charge in [0.15, 0.2) is 0 Å². The number of carbonyl (C=O) groups excluding carboxylic acids is 1. The Morgan fingerprint density at radius 3 is 2.69 bits per heavy atom. The van der Waals surface area contributed by atoms with Gasteiger partial charge in [-0.15, -0.1) is 0 Å². The maximum absolute atomic E-state index is 13.6. The van der Waals surface area contributed by atoms with Gasteiger partial charge in [-0.3, -0.25) is 9.69 Å². The second-order valence-corrected chi connectivity index (χ2v) is 7.28. The van der Waals surface area contributed by atoms with Crippen LogP contribution in [0.25, 0.3) is 0 Å². The zero-order valence-electron chi connectivity index (χ0n) is 14.7. The molecule has 1 aliphatic rings. The van der Waals surface area contributed by atoms with E-state index in [2.05, 4.69) is 26.1 Å². The molecule has 3 rings (SSSR count). The van der Waals surface area contributed by atoms with E-state index in [9.17, 15) is 9.18 Å². The van der Waals surface area contributed by atoms with Crippen LogP contribution in [0.2, 0.25) is 0 Å². The van der Waals surface area contributed by atoms with Crippen molar-refractivity contribution in [2.75, 3.05) is 26.7 Å². The van der Waals surface area contributed by atoms with Crippen molar-refractivity contribution < 1.29 is 13.9 Å². The summed E-state index contributed by atoms with van der Waals surface area (Å²) >= 11 is 3.23. The van der Waals surface area contributed by atoms with Gasteiger partial charge in [0.25, 0.3) is 5.91 Å². The number of carbonyl (C=O) groups is 1. The van der Waals surface area contributed by atoms with Gasteiger partial charge in [-0.25, -0.2) is 4.39 Å². The summed E-state index contributed by atoms with van der Waals surface area (Å²) in [5.41, 5.74) is 1.36. The molecule has 2 aromatic rings. The van der Waals surface area contributed by atoms with Gasteiger partial charge < -0.3 is 10.1 Å². The molecule has 1 heterocycles. The first-order chi connectivity index (χ1) is 12.6. The lowest BCUT2D eigenvalue weighted by atomic mass is 10.0. The first-order valence-electron chi connectivity index (χ1n) is 8.69. The number of nitrogens with zero attached hydrogens (tertiary/aromatic N) is 1. The predicted octanol–water partition coefficient (Wildman–Crippen LogP) is 4.16. The number of benzene rings is 2. The number of rotatable bonds is 6. The average molecular weight is 421 g/mol. The van der Waals surface area contributed by atoms with Crippen LogP contribution in [0.1, 0.15) is 34.8 Å². The molecule has 4 nitrogen and oxygen atoms in total. The van der Waals surface area contributed by atoms with Gasteiger partial charge in [-0.1, -0.05) is 34.1 Å². The molecule has 6 heteroatoms. The van der Waals surface area contributed by atoms with Gasteiger partial charge >= 0.3 is 0 Å². The Bertz CT molecular complexity index is 758. The van der Waals surface area contributed by atoms with Gasteiger partial charge in [0, 0.05) is 22.1 Å². The Balaban J connectivity index is 1.79. The largest absolute Gasteiger partial charge is 0.496 e. The standard InChI is InChI=1S/C20H22BrFN2O2/c1-26-19-7-3-2-6-17(19)18(24-8-4-5-9-24)13-23-20(25)14-10-15(21)12-16(22)11-14/h2-3,6-7,10-12,18H,4-5,8-9,13H2,1H3,(H,23,25). The minimum Gasteiger partial charge on any atom is -0.496 e. The molecule has 138 valence electrons. The van der Waals surface area contributed by atoms with Gasteiger partial charge in [-0.2, -0.15) is 0 Å². The SMILES string of the molecule is COc1ccccc1C(CNC(=O)c1cc(F)cc(Br)c1)N1CCCC1. The van der Waals surface area contributed by atoms with Crippen molar-refractivity contribution in [2.24, 2.45) is 0 Å². The molecule has 26 heavy (non-hydrogen) atoms. The molecule has 1 N–H and O–H groups in total. The maximum atomic E-state index is 13.6. The highest BCUT2D eigenvalue weighted by atomic mass is 79.9. The molecule has 0 aromatic heterocycles. The Morgan fingerprint density at radius 2 is 2.00 bits per heavy atom. The van der Waals surface area contributed by atoms with Crippen molar-refractivity contribution in [1.29, 1.82) is 0 Å². The number of methoxy groups -OCH3 is 1. The van der Waals surface area contributed by atoms with Gasteiger partial charge in [0.2, 0.25) is 0 Å². The van der Waals surface area contributed by atoms with Crippen LogP contribution in [0.5, 0.6) is 5.75 Å². The highest BCUT2D eigenvalue weighted by molar-refractivity contribution is 9.10. The summed E-state index contributed by atoms with van der Waals surface area (Å²) < 4.78 is 19.6. The first-order valence-corrected chi connectivity index (χ1v) is 9.49. The van der Waals surface area contributed by atoms with Crippen LogP contribution in [0.4, 0.5) is 4.39 Å². The molecule has 0 spiro atoms. The zero-order chi connectivity index (χ0) is 18.5. The van der Waals surface area contributed by atoms with E-state index in [1.165, 1.54) is 12.1 Å². The molecule has 0 bridgehead atoms. The van der Waals surface area contributed by atoms with E-state index >= 15 is 0 Å². The molecule has 0 aliphatic carbocycles. The number of hydrogen-bond donors (Lipinski definition) is 1. The summed E-state index contributed by atoms with van der Waals surface area (Å²) in [6.07, 6.45) is 2.30. The van der Waals surface area contributed by atoms with E-state index in [-0.39, 0.29) is 11.9 Å². The third kappa shape index (κ3) is 4.43. The van der Waals surface area contributed by atoms with Crippen LogP contribution in [0.15, 0.2) is 46.9 Å². The predicted molar refractivity (Wildman–Crippen MR) is 103 cm³/mol. The Hall–Kier alpha value is -1.92. The van der Waals surface area contributed by atoms with Gasteiger partial charge in [0.05, 0.1) is 13.2 Å². The van der Waals surface area contributed by atoms with E-state index < -0.39 is 5.82 Å². The second kappa shape index (κ2) is 8.64. The van der Waals surface area contributed by atoms with Crippen LogP contribution >= 0.6 is 15.9 Å². The molecule has 0 saturated carbocycles. The molecule has 1 fully saturated rings. The molecule has 1 aliphatic heterocycles. The molecular weight excluding hydrogens is 399 g/mol. The molecule has 1 unspecified atom stereocenters. The Morgan fingerprint density at radius 1 is 1.27 bits per heavy atom. The van der Waals surface area contributed by atoms with Crippen LogP contribution < -0.4 is 10.1 Å². The summed E-state index contributed by atoms with van der Waals surface area (Å²) in [7, 11) is 1.66. The van der Waals surface area contributed by atoms with Crippen molar-refractivity contribution in [1.82, 2.24) is 10.2 Å². The summed E-state index contributed by atoms with van der Waals surface area (Å²) in [6, 6.07) is 12.1. The third-order valence-corrected chi connectivity index (χ3v) is 5.12. The first kappa shape index (κ1) is 18.9. The Labute approximate surface area is 161 Å². The number of likely N-dealkylation sites (tertiary alicyclic amines) is 1. The van der Waals surface area contributed by atoms with E-state index in [0.717, 1.165) is 37.2 Å². The fourth-order valence-corrected chi connectivity index (χ4v) is 3.87. The van der Waals surface area contributed by atoms with E-state index in [4.69, 9.17) is 4.74 Å². The number of amides is 1. The molecule has 2 aromatic carbocycles. The van der Waals surface area contributed by atoms with Crippen LogP contribution in [0, 0.1) is 5.82 Å². The number of para-hydroxylation sites is 1. The summed E-state index contributed by atoms with van der Waals surface area (Å²) in [5.74, 6) is 0.0850. The Kier molecular flexibility index (Phi) is 6.27. The number of nitrogens with one attached hydrogen (secondary N) is 1. The number of hydrogen-bond acceptors (Lipinski definition) is 3. The highest BCUT2D eigenvalue weighted by Gasteiger charge is 2.26. The minimum absolute atomic E-state index is 0.0228. The highest BCUT2D eigenvalue weighted by Crippen LogP contribution is 2.31. The van der Waals surface area contributed by atoms with E-state index in [0.29, 0.717) is 16.6 Å². The lowest BCUT2D eigenvalue weighted by molar-refractivity contribution is 0.0937. The number of ether oxygens (including phenoxy) is 1. The lowest BCUT2D eigenvalue weighted by Crippen LogP contribution is -2.37. The molecule has 1 saturated heterocycles. The van der Waals surface area contributed by atoms with E-state index in [1.54, 1.807) is 13.2 Å². The normalized spacial score (nSPS) is 15.7. The number of halogens is 2. The fourth-order valence-electron chi connectivity index (χ4n) is 3.41. The zero-order valence-corrected chi connectivity index (χ0v) is 16.3. The maximum Gasteiger partial charge on any atom is 0.251 e. The van der Waals surface area contributed by atoms with Crippen molar-refractivity contribution in [3.8, 4) is 5.75 Å². The fraction of sp³-hybridized carbons (Fsp3) is 0.350. The molecular formula is C20H22BrFN2O2. The van der Waals surface area contributed by atoms with E-state index in [1.807, 2.05) is 24.3 Å². The summed E-state index contributed by atoms with van der Waals surface area (Å²) in [5, 5.41) is 2.96. The topological polar surface area (TPSA) is 41.6 Å². The molecule has 1 atom stereocenters. The third-order valence-electron chi connectivity index (χ3n) is 4.66. The monoisotopic (exact) mass is 420 g/mol. The van der Waals surface area contributed by atoms with Crippen molar-refractivity contribution in [2.45, 2.75) is 18.9 Å². The van der Waals surface area contributed by atoms with Crippen LogP contribution in [-0.4, -0.2) is 37.6 Å². The lowest BCUT2D eigenvalue weighted by Gasteiger charge is -2.29. The quantitative estimate of drug-likeness (QED) is 0.762. The molecule has 0 radical (unpaired) electrons. The minimum atomic E-state index is -0.439. The average Bonchev–Trinajstić information content (AvgIpc) is 3.15. The van der Waals surface area contributed by atoms with Crippen molar-refractivity contribution >= 4 is 21.8 Å². The summed E-state index contributed by atoms with van der Waals surface area (Å²) in [6.45, 7) is 2.42. The van der Waals surface area contributed by atoms with Crippen molar-refractivity contribution in [3.05, 3.63) is 63.9 Å². The van der Waals surface area contributed by atoms with Crippen LogP contribution in [0.3, 0.4) is 0 Å². The van der Waals surface area contributed by atoms with Gasteiger partial charge in [0.1, 0.15) is 11.6 Å². The van der Waals surface area contributed by atoms with Crippen molar-refractivity contribution in [3.63, 3.8) is 0 Å².